The Morgan fingerprint density at radius 3 is 2.47 bits per heavy atom. The van der Waals surface area contributed by atoms with E-state index in [1.165, 1.54) is 5.56 Å². The van der Waals surface area contributed by atoms with Crippen molar-refractivity contribution in [1.29, 1.82) is 0 Å². The van der Waals surface area contributed by atoms with Gasteiger partial charge in [0.1, 0.15) is 0 Å². The van der Waals surface area contributed by atoms with Gasteiger partial charge < -0.3 is 14.8 Å². The third-order valence-electron chi connectivity index (χ3n) is 2.20. The van der Waals surface area contributed by atoms with E-state index < -0.39 is 0 Å². The summed E-state index contributed by atoms with van der Waals surface area (Å²) < 4.78 is 10.4. The zero-order valence-corrected chi connectivity index (χ0v) is 9.67. The molecule has 0 spiro atoms. The lowest BCUT2D eigenvalue weighted by atomic mass is 10.2. The van der Waals surface area contributed by atoms with Crippen LogP contribution in [0, 0.1) is 0 Å². The van der Waals surface area contributed by atoms with E-state index in [0.717, 1.165) is 31.0 Å². The second kappa shape index (κ2) is 6.30. The van der Waals surface area contributed by atoms with E-state index in [1.807, 2.05) is 18.2 Å². The van der Waals surface area contributed by atoms with E-state index in [0.29, 0.717) is 0 Å². The van der Waals surface area contributed by atoms with Crippen molar-refractivity contribution in [3.05, 3.63) is 23.8 Å². The second-order valence-corrected chi connectivity index (χ2v) is 3.37. The molecule has 0 aliphatic rings. The first-order chi connectivity index (χ1) is 7.31. The van der Waals surface area contributed by atoms with E-state index in [9.17, 15) is 0 Å². The van der Waals surface area contributed by atoms with Crippen molar-refractivity contribution in [1.82, 2.24) is 5.32 Å². The number of benzene rings is 1. The molecule has 0 radical (unpaired) electrons. The van der Waals surface area contributed by atoms with Crippen LogP contribution in [0.15, 0.2) is 18.2 Å². The molecule has 0 heterocycles. The Kier molecular flexibility index (Phi) is 4.98. The molecule has 0 saturated carbocycles. The highest BCUT2D eigenvalue weighted by molar-refractivity contribution is 5.42. The minimum Gasteiger partial charge on any atom is -0.493 e. The number of nitrogens with one attached hydrogen (secondary N) is 1. The van der Waals surface area contributed by atoms with E-state index in [1.54, 1.807) is 14.2 Å². The Balaban J connectivity index is 2.66. The van der Waals surface area contributed by atoms with Gasteiger partial charge in [0.25, 0.3) is 0 Å². The molecule has 0 atom stereocenters. The van der Waals surface area contributed by atoms with Crippen molar-refractivity contribution >= 4 is 0 Å². The van der Waals surface area contributed by atoms with Crippen LogP contribution in [0.3, 0.4) is 0 Å². The number of ether oxygens (including phenoxy) is 2. The van der Waals surface area contributed by atoms with E-state index >= 15 is 0 Å². The highest BCUT2D eigenvalue weighted by atomic mass is 16.5. The molecule has 3 nitrogen and oxygen atoms in total. The zero-order chi connectivity index (χ0) is 11.1. The number of hydrogen-bond acceptors (Lipinski definition) is 3. The summed E-state index contributed by atoms with van der Waals surface area (Å²) in [6, 6.07) is 5.98. The van der Waals surface area contributed by atoms with Crippen molar-refractivity contribution in [2.75, 3.05) is 20.8 Å². The first-order valence-corrected chi connectivity index (χ1v) is 5.23. The molecule has 0 aromatic heterocycles. The summed E-state index contributed by atoms with van der Waals surface area (Å²) in [7, 11) is 3.30. The zero-order valence-electron chi connectivity index (χ0n) is 9.67. The van der Waals surface area contributed by atoms with Crippen molar-refractivity contribution < 1.29 is 9.47 Å². The maximum absolute atomic E-state index is 5.23. The largest absolute Gasteiger partial charge is 0.493 e. The third kappa shape index (κ3) is 3.44. The number of rotatable bonds is 6. The molecule has 3 heteroatoms. The molecule has 0 amide bonds. The minimum atomic E-state index is 0.775. The normalized spacial score (nSPS) is 10.1. The summed E-state index contributed by atoms with van der Waals surface area (Å²) in [6.45, 7) is 4.06. The molecule has 84 valence electrons. The quantitative estimate of drug-likeness (QED) is 0.729. The smallest absolute Gasteiger partial charge is 0.161 e. The van der Waals surface area contributed by atoms with Gasteiger partial charge in [0, 0.05) is 6.54 Å². The molecule has 1 rings (SSSR count). The molecule has 0 aliphatic carbocycles. The Morgan fingerprint density at radius 2 is 1.87 bits per heavy atom. The molecule has 0 saturated heterocycles. The molecule has 0 aliphatic heterocycles. The lowest BCUT2D eigenvalue weighted by molar-refractivity contribution is 0.354. The van der Waals surface area contributed by atoms with Crippen LogP contribution in [-0.4, -0.2) is 20.8 Å². The Morgan fingerprint density at radius 1 is 1.13 bits per heavy atom. The molecule has 15 heavy (non-hydrogen) atoms. The Hall–Kier alpha value is -1.22. The van der Waals surface area contributed by atoms with Gasteiger partial charge in [0.05, 0.1) is 14.2 Å². The number of hydrogen-bond donors (Lipinski definition) is 1. The van der Waals surface area contributed by atoms with Gasteiger partial charge in [-0.3, -0.25) is 0 Å². The maximum Gasteiger partial charge on any atom is 0.161 e. The number of methoxy groups -OCH3 is 2. The standard InChI is InChI=1S/C12H19NO2/c1-4-7-13-9-10-5-6-11(14-2)12(8-10)15-3/h5-6,8,13H,4,7,9H2,1-3H3. The van der Waals surface area contributed by atoms with E-state index in [-0.39, 0.29) is 0 Å². The van der Waals surface area contributed by atoms with Crippen molar-refractivity contribution in [3.8, 4) is 11.5 Å². The maximum atomic E-state index is 5.23. The van der Waals surface area contributed by atoms with Gasteiger partial charge in [-0.25, -0.2) is 0 Å². The predicted molar refractivity (Wildman–Crippen MR) is 61.5 cm³/mol. The fourth-order valence-corrected chi connectivity index (χ4v) is 1.40. The lowest BCUT2D eigenvalue weighted by Gasteiger charge is -2.09. The first kappa shape index (κ1) is 11.9. The van der Waals surface area contributed by atoms with Crippen molar-refractivity contribution in [3.63, 3.8) is 0 Å². The van der Waals surface area contributed by atoms with Crippen LogP contribution in [0.1, 0.15) is 18.9 Å². The van der Waals surface area contributed by atoms with Crippen molar-refractivity contribution in [2.24, 2.45) is 0 Å². The van der Waals surface area contributed by atoms with Crippen LogP contribution < -0.4 is 14.8 Å². The van der Waals surface area contributed by atoms with Gasteiger partial charge in [-0.05, 0) is 30.7 Å². The molecular weight excluding hydrogens is 190 g/mol. The predicted octanol–water partition coefficient (Wildman–Crippen LogP) is 2.20. The molecule has 0 unspecified atom stereocenters. The monoisotopic (exact) mass is 209 g/mol. The van der Waals surface area contributed by atoms with Gasteiger partial charge in [-0.1, -0.05) is 13.0 Å². The molecule has 1 aromatic rings. The van der Waals surface area contributed by atoms with Gasteiger partial charge in [-0.15, -0.1) is 0 Å². The first-order valence-electron chi connectivity index (χ1n) is 5.23. The fraction of sp³-hybridized carbons (Fsp3) is 0.500. The van der Waals surface area contributed by atoms with Crippen molar-refractivity contribution in [2.45, 2.75) is 19.9 Å². The second-order valence-electron chi connectivity index (χ2n) is 3.37. The molecular formula is C12H19NO2. The topological polar surface area (TPSA) is 30.5 Å². The summed E-state index contributed by atoms with van der Waals surface area (Å²) in [5.74, 6) is 1.56. The summed E-state index contributed by atoms with van der Waals surface area (Å²) in [6.07, 6.45) is 1.15. The average Bonchev–Trinajstić information content (AvgIpc) is 2.29. The summed E-state index contributed by atoms with van der Waals surface area (Å²) in [5.41, 5.74) is 1.21. The van der Waals surface area contributed by atoms with E-state index in [2.05, 4.69) is 12.2 Å². The van der Waals surface area contributed by atoms with Crippen LogP contribution in [-0.2, 0) is 6.54 Å². The molecule has 0 bridgehead atoms. The summed E-state index contributed by atoms with van der Waals surface area (Å²) in [4.78, 5) is 0. The highest BCUT2D eigenvalue weighted by Crippen LogP contribution is 2.27. The molecule has 1 aromatic carbocycles. The summed E-state index contributed by atoms with van der Waals surface area (Å²) >= 11 is 0. The highest BCUT2D eigenvalue weighted by Gasteiger charge is 2.03. The minimum absolute atomic E-state index is 0.775. The average molecular weight is 209 g/mol. The SMILES string of the molecule is CCCNCc1ccc(OC)c(OC)c1. The van der Waals surface area contributed by atoms with Crippen LogP contribution >= 0.6 is 0 Å². The van der Waals surface area contributed by atoms with Crippen LogP contribution in [0.2, 0.25) is 0 Å². The van der Waals surface area contributed by atoms with Crippen LogP contribution in [0.25, 0.3) is 0 Å². The third-order valence-corrected chi connectivity index (χ3v) is 2.20. The van der Waals surface area contributed by atoms with Gasteiger partial charge >= 0.3 is 0 Å². The van der Waals surface area contributed by atoms with E-state index in [4.69, 9.17) is 9.47 Å². The lowest BCUT2D eigenvalue weighted by Crippen LogP contribution is -2.13. The summed E-state index contributed by atoms with van der Waals surface area (Å²) in [5, 5.41) is 3.34. The molecule has 1 N–H and O–H groups in total. The van der Waals surface area contributed by atoms with Crippen LogP contribution in [0.4, 0.5) is 0 Å². The Bertz CT molecular complexity index is 300. The Labute approximate surface area is 91.4 Å². The van der Waals surface area contributed by atoms with Gasteiger partial charge in [-0.2, -0.15) is 0 Å². The van der Waals surface area contributed by atoms with Gasteiger partial charge in [0.2, 0.25) is 0 Å². The van der Waals surface area contributed by atoms with Crippen LogP contribution in [0.5, 0.6) is 11.5 Å². The molecule has 0 fully saturated rings. The fourth-order valence-electron chi connectivity index (χ4n) is 1.40. The van der Waals surface area contributed by atoms with Gasteiger partial charge in [0.15, 0.2) is 11.5 Å².